The van der Waals surface area contributed by atoms with Crippen molar-refractivity contribution in [3.63, 3.8) is 0 Å². The molecule has 142 valence electrons. The molecule has 6 unspecified atom stereocenters. The van der Waals surface area contributed by atoms with E-state index in [-0.39, 0.29) is 12.5 Å². The third-order valence-electron chi connectivity index (χ3n) is 4.89. The molecule has 6 nitrogen and oxygen atoms in total. The molecule has 2 aliphatic rings. The van der Waals surface area contributed by atoms with E-state index in [1.807, 2.05) is 0 Å². The molecule has 0 aromatic carbocycles. The van der Waals surface area contributed by atoms with E-state index >= 15 is 0 Å². The van der Waals surface area contributed by atoms with Gasteiger partial charge in [0.05, 0.1) is 12.6 Å². The molecule has 0 saturated carbocycles. The van der Waals surface area contributed by atoms with Crippen LogP contribution < -0.4 is 5.32 Å². The van der Waals surface area contributed by atoms with Crippen LogP contribution in [-0.4, -0.2) is 63.4 Å². The second-order valence-electron chi connectivity index (χ2n) is 6.92. The van der Waals surface area contributed by atoms with Crippen molar-refractivity contribution in [3.8, 4) is 0 Å². The first-order valence-electron chi connectivity index (χ1n) is 8.68. The molecule has 25 heavy (non-hydrogen) atoms. The lowest BCUT2D eigenvalue weighted by Crippen LogP contribution is -2.63. The number of amides is 1. The molecule has 4 N–H and O–H groups in total. The molecule has 0 bridgehead atoms. The summed E-state index contributed by atoms with van der Waals surface area (Å²) in [6, 6.07) is -0.715. The highest BCUT2D eigenvalue weighted by Gasteiger charge is 2.44. The zero-order chi connectivity index (χ0) is 18.6. The maximum Gasteiger partial charge on any atom is 0.217 e. The zero-order valence-electron chi connectivity index (χ0n) is 14.9. The van der Waals surface area contributed by atoms with Crippen molar-refractivity contribution in [1.29, 1.82) is 0 Å². The van der Waals surface area contributed by atoms with Crippen molar-refractivity contribution in [1.82, 2.24) is 5.32 Å². The average molecular weight is 371 g/mol. The Labute approximate surface area is 153 Å². The predicted octanol–water partition coefficient (Wildman–Crippen LogP) is 0.966. The number of allylic oxidation sites excluding steroid dienone is 2. The molecule has 2 rings (SSSR count). The number of nitrogens with one attached hydrogen (secondary N) is 1. The van der Waals surface area contributed by atoms with Crippen molar-refractivity contribution in [2.24, 2.45) is 5.92 Å². The van der Waals surface area contributed by atoms with Gasteiger partial charge >= 0.3 is 0 Å². The van der Waals surface area contributed by atoms with E-state index in [2.05, 4.69) is 24.9 Å². The lowest BCUT2D eigenvalue weighted by atomic mass is 9.86. The first kappa shape index (κ1) is 20.5. The summed E-state index contributed by atoms with van der Waals surface area (Å²) in [7, 11) is 0. The number of carbonyl (C=O) groups is 1. The molecule has 0 aromatic heterocycles. The number of hydrogen-bond donors (Lipinski definition) is 4. The maximum absolute atomic E-state index is 11.4. The highest BCUT2D eigenvalue weighted by molar-refractivity contribution is 8.00. The van der Waals surface area contributed by atoms with Crippen LogP contribution in [0.3, 0.4) is 0 Å². The minimum Gasteiger partial charge on any atom is -0.394 e. The van der Waals surface area contributed by atoms with Crippen LogP contribution in [0.5, 0.6) is 0 Å². The van der Waals surface area contributed by atoms with E-state index in [9.17, 15) is 20.1 Å². The van der Waals surface area contributed by atoms with Crippen LogP contribution in [-0.2, 0) is 9.53 Å². The zero-order valence-corrected chi connectivity index (χ0v) is 15.7. The summed E-state index contributed by atoms with van der Waals surface area (Å²) in [5.74, 6) is 0.974. The minimum absolute atomic E-state index is 0.297. The van der Waals surface area contributed by atoms with Gasteiger partial charge in [-0.2, -0.15) is 0 Å². The van der Waals surface area contributed by atoms with Gasteiger partial charge in [0, 0.05) is 12.7 Å². The molecule has 0 radical (unpaired) electrons. The first-order valence-corrected chi connectivity index (χ1v) is 9.72. The van der Waals surface area contributed by atoms with Gasteiger partial charge in [-0.25, -0.2) is 0 Å². The van der Waals surface area contributed by atoms with Crippen LogP contribution >= 0.6 is 11.8 Å². The predicted molar refractivity (Wildman–Crippen MR) is 98.1 cm³/mol. The molecule has 0 aromatic rings. The summed E-state index contributed by atoms with van der Waals surface area (Å²) in [5, 5.41) is 32.3. The van der Waals surface area contributed by atoms with E-state index in [4.69, 9.17) is 4.74 Å². The van der Waals surface area contributed by atoms with E-state index in [1.165, 1.54) is 29.8 Å². The Hall–Kier alpha value is -0.860. The topological polar surface area (TPSA) is 99.0 Å². The van der Waals surface area contributed by atoms with Crippen molar-refractivity contribution in [2.45, 2.75) is 62.9 Å². The Balaban J connectivity index is 1.99. The quantitative estimate of drug-likeness (QED) is 0.519. The molecule has 7 heteroatoms. The van der Waals surface area contributed by atoms with Crippen LogP contribution in [0.1, 0.15) is 33.1 Å². The van der Waals surface area contributed by atoms with Gasteiger partial charge in [0.2, 0.25) is 5.91 Å². The molecule has 1 saturated heterocycles. The summed E-state index contributed by atoms with van der Waals surface area (Å²) in [6.45, 7) is 7.07. The summed E-state index contributed by atoms with van der Waals surface area (Å²) >= 11 is 1.48. The van der Waals surface area contributed by atoms with Crippen LogP contribution in [0.4, 0.5) is 0 Å². The molecule has 6 atom stereocenters. The summed E-state index contributed by atoms with van der Waals surface area (Å²) in [4.78, 5) is 11.4. The number of ether oxygens (including phenoxy) is 1. The highest BCUT2D eigenvalue weighted by atomic mass is 32.2. The average Bonchev–Trinajstić information content (AvgIpc) is 2.58. The van der Waals surface area contributed by atoms with Gasteiger partial charge in [0.15, 0.2) is 0 Å². The fourth-order valence-electron chi connectivity index (χ4n) is 3.27. The molecule has 1 heterocycles. The lowest BCUT2D eigenvalue weighted by molar-refractivity contribution is -0.173. The summed E-state index contributed by atoms with van der Waals surface area (Å²) in [5.41, 5.74) is 2.00. The standard InChI is InChI=1S/C18H29NO5S/c1-10(2)13-6-4-12(5-7-13)9-25-18-15(19-11(3)21)17(23)16(22)14(8-20)24-18/h4,13-18,20,22-23H,1,5-9H2,2-3H3,(H,19,21). The van der Waals surface area contributed by atoms with Crippen molar-refractivity contribution >= 4 is 17.7 Å². The van der Waals surface area contributed by atoms with E-state index in [0.717, 1.165) is 25.0 Å². The van der Waals surface area contributed by atoms with Crippen LogP contribution in [0.2, 0.25) is 0 Å². The van der Waals surface area contributed by atoms with Gasteiger partial charge in [-0.15, -0.1) is 11.8 Å². The third kappa shape index (κ3) is 5.31. The fraction of sp³-hybridized carbons (Fsp3) is 0.722. The summed E-state index contributed by atoms with van der Waals surface area (Å²) < 4.78 is 5.73. The van der Waals surface area contributed by atoms with Gasteiger partial charge in [-0.05, 0) is 32.1 Å². The second kappa shape index (κ2) is 9.19. The van der Waals surface area contributed by atoms with Gasteiger partial charge < -0.3 is 25.4 Å². The number of aliphatic hydroxyl groups excluding tert-OH is 3. The molecule has 1 amide bonds. The van der Waals surface area contributed by atoms with Crippen LogP contribution in [0, 0.1) is 5.92 Å². The van der Waals surface area contributed by atoms with Crippen molar-refractivity contribution in [3.05, 3.63) is 23.8 Å². The Morgan fingerprint density at radius 3 is 2.64 bits per heavy atom. The van der Waals surface area contributed by atoms with Gasteiger partial charge in [-0.1, -0.05) is 23.8 Å². The second-order valence-corrected chi connectivity index (χ2v) is 8.01. The monoisotopic (exact) mass is 371 g/mol. The SMILES string of the molecule is C=C(C)C1CC=C(CSC2OC(CO)C(O)C(O)C2NC(C)=O)CC1. The Morgan fingerprint density at radius 2 is 2.12 bits per heavy atom. The molecular weight excluding hydrogens is 342 g/mol. The van der Waals surface area contributed by atoms with Crippen molar-refractivity contribution in [2.75, 3.05) is 12.4 Å². The fourth-order valence-corrected chi connectivity index (χ4v) is 4.57. The van der Waals surface area contributed by atoms with Crippen LogP contribution in [0.15, 0.2) is 23.8 Å². The lowest BCUT2D eigenvalue weighted by Gasteiger charge is -2.42. The largest absolute Gasteiger partial charge is 0.394 e. The van der Waals surface area contributed by atoms with E-state index in [0.29, 0.717) is 5.92 Å². The third-order valence-corrected chi connectivity index (χ3v) is 6.16. The summed E-state index contributed by atoms with van der Waals surface area (Å²) in [6.07, 6.45) is 2.04. The van der Waals surface area contributed by atoms with E-state index in [1.54, 1.807) is 0 Å². The Kier molecular flexibility index (Phi) is 7.51. The normalized spacial score (nSPS) is 35.8. The molecule has 1 aliphatic carbocycles. The molecule has 1 aliphatic heterocycles. The van der Waals surface area contributed by atoms with Crippen molar-refractivity contribution < 1.29 is 24.9 Å². The number of aliphatic hydroxyl groups is 3. The molecular formula is C18H29NO5S. The minimum atomic E-state index is -1.23. The Bertz CT molecular complexity index is 524. The van der Waals surface area contributed by atoms with Gasteiger partial charge in [0.1, 0.15) is 23.7 Å². The smallest absolute Gasteiger partial charge is 0.217 e. The van der Waals surface area contributed by atoms with Crippen LogP contribution in [0.25, 0.3) is 0 Å². The number of thioether (sulfide) groups is 1. The van der Waals surface area contributed by atoms with E-state index < -0.39 is 29.8 Å². The Morgan fingerprint density at radius 1 is 1.40 bits per heavy atom. The first-order chi connectivity index (χ1) is 11.8. The number of hydrogen-bond acceptors (Lipinski definition) is 6. The highest BCUT2D eigenvalue weighted by Crippen LogP contribution is 2.33. The van der Waals surface area contributed by atoms with Gasteiger partial charge in [-0.3, -0.25) is 4.79 Å². The number of carbonyl (C=O) groups excluding carboxylic acids is 1. The molecule has 1 fully saturated rings. The van der Waals surface area contributed by atoms with Gasteiger partial charge in [0.25, 0.3) is 0 Å². The molecule has 0 spiro atoms. The number of rotatable bonds is 6. The maximum atomic E-state index is 11.4.